The van der Waals surface area contributed by atoms with Crippen molar-refractivity contribution in [3.8, 4) is 39.4 Å². The van der Waals surface area contributed by atoms with Crippen LogP contribution in [-0.4, -0.2) is 20.1 Å². The summed E-state index contributed by atoms with van der Waals surface area (Å²) in [6.07, 6.45) is 1.86. The van der Waals surface area contributed by atoms with Gasteiger partial charge in [0.05, 0.1) is 27.8 Å². The van der Waals surface area contributed by atoms with Gasteiger partial charge in [0.2, 0.25) is 0 Å². The maximum atomic E-state index is 11.0. The summed E-state index contributed by atoms with van der Waals surface area (Å²) in [6.45, 7) is 13.6. The van der Waals surface area contributed by atoms with E-state index in [4.69, 9.17) is 15.0 Å². The van der Waals surface area contributed by atoms with Crippen LogP contribution in [0.1, 0.15) is 75.1 Å². The Morgan fingerprint density at radius 1 is 0.545 bits per heavy atom. The summed E-state index contributed by atoms with van der Waals surface area (Å²) in [6, 6.07) is 50.4. The molecule has 5 heteroatoms. The zero-order valence-electron chi connectivity index (χ0n) is 31.9. The molecule has 2 aromatic heterocycles. The largest absolute Gasteiger partial charge is 0.507 e. The minimum absolute atomic E-state index is 0. The first kappa shape index (κ1) is 36.5. The van der Waals surface area contributed by atoms with E-state index in [0.29, 0.717) is 11.3 Å². The standard InChI is InChI=1S/C50H42N3O.Pt/c1-48(2,3)34-21-23-37-38-24-22-35(49(4,5)6)29-41(38)50(40(37)28-34,47-20-12-18-42(53-47)39-17-9-10-19-46(39)54)36-16-11-15-33(25-36)45-30-51-43-26-31-13-7-8-14-32(31)27-44(43)52-45;/h7-24,26-30,54H,1-6H3;/q-1;. The minimum Gasteiger partial charge on any atom is -0.507 e. The number of pyridine rings is 1. The van der Waals surface area contributed by atoms with Crippen LogP contribution in [0.3, 0.4) is 0 Å². The smallest absolute Gasteiger partial charge is 0.124 e. The van der Waals surface area contributed by atoms with Gasteiger partial charge in [-0.2, -0.15) is 0 Å². The molecule has 0 amide bonds. The van der Waals surface area contributed by atoms with Crippen molar-refractivity contribution in [1.82, 2.24) is 15.0 Å². The van der Waals surface area contributed by atoms with E-state index in [1.807, 2.05) is 36.5 Å². The van der Waals surface area contributed by atoms with E-state index in [9.17, 15) is 5.11 Å². The van der Waals surface area contributed by atoms with E-state index in [2.05, 4.69) is 145 Å². The number of fused-ring (bicyclic) bond motifs is 5. The predicted octanol–water partition coefficient (Wildman–Crippen LogP) is 12.0. The Kier molecular flexibility index (Phi) is 8.90. The van der Waals surface area contributed by atoms with Crippen LogP contribution >= 0.6 is 0 Å². The van der Waals surface area contributed by atoms with Crippen LogP contribution in [0.25, 0.3) is 55.4 Å². The van der Waals surface area contributed by atoms with Crippen LogP contribution in [0, 0.1) is 6.07 Å². The van der Waals surface area contributed by atoms with Crippen molar-refractivity contribution >= 4 is 21.8 Å². The van der Waals surface area contributed by atoms with Crippen molar-refractivity contribution in [1.29, 1.82) is 0 Å². The van der Waals surface area contributed by atoms with Crippen LogP contribution in [-0.2, 0) is 37.3 Å². The molecule has 0 saturated heterocycles. The molecular formula is C50H42N3OPt-. The van der Waals surface area contributed by atoms with Crippen molar-refractivity contribution in [2.75, 3.05) is 0 Å². The summed E-state index contributed by atoms with van der Waals surface area (Å²) in [4.78, 5) is 15.5. The first-order valence-corrected chi connectivity index (χ1v) is 18.7. The first-order chi connectivity index (χ1) is 25.9. The molecule has 1 N–H and O–H groups in total. The molecule has 0 aliphatic heterocycles. The number of rotatable bonds is 4. The summed E-state index contributed by atoms with van der Waals surface area (Å²) in [5.74, 6) is 0.199. The van der Waals surface area contributed by atoms with Gasteiger partial charge >= 0.3 is 0 Å². The van der Waals surface area contributed by atoms with Gasteiger partial charge in [-0.3, -0.25) is 15.0 Å². The molecule has 0 saturated carbocycles. The average Bonchev–Trinajstić information content (AvgIpc) is 3.46. The Balaban J connectivity index is 0.00000427. The van der Waals surface area contributed by atoms with Crippen LogP contribution in [0.15, 0.2) is 140 Å². The molecule has 274 valence electrons. The molecular weight excluding hydrogens is 854 g/mol. The number of benzene rings is 6. The Labute approximate surface area is 337 Å². The van der Waals surface area contributed by atoms with E-state index >= 15 is 0 Å². The van der Waals surface area contributed by atoms with Crippen LogP contribution in [0.2, 0.25) is 0 Å². The summed E-state index contributed by atoms with van der Waals surface area (Å²) in [5, 5.41) is 13.3. The number of phenolic OH excluding ortho intramolecular Hbond substituents is 1. The zero-order valence-corrected chi connectivity index (χ0v) is 34.2. The van der Waals surface area contributed by atoms with Crippen molar-refractivity contribution in [3.05, 3.63) is 179 Å². The number of aromatic nitrogens is 3. The molecule has 8 aromatic rings. The third kappa shape index (κ3) is 6.08. The van der Waals surface area contributed by atoms with Gasteiger partial charge in [-0.05, 0) is 91.4 Å². The van der Waals surface area contributed by atoms with E-state index in [0.717, 1.165) is 44.3 Å². The molecule has 6 aromatic carbocycles. The van der Waals surface area contributed by atoms with E-state index < -0.39 is 5.41 Å². The van der Waals surface area contributed by atoms with Crippen molar-refractivity contribution in [3.63, 3.8) is 0 Å². The van der Waals surface area contributed by atoms with E-state index in [1.165, 1.54) is 33.4 Å². The van der Waals surface area contributed by atoms with Gasteiger partial charge in [-0.15, -0.1) is 35.4 Å². The van der Waals surface area contributed by atoms with Crippen molar-refractivity contribution in [2.24, 2.45) is 0 Å². The van der Waals surface area contributed by atoms with Crippen molar-refractivity contribution in [2.45, 2.75) is 57.8 Å². The molecule has 55 heavy (non-hydrogen) atoms. The molecule has 0 bridgehead atoms. The third-order valence-corrected chi connectivity index (χ3v) is 11.1. The Morgan fingerprint density at radius 3 is 1.78 bits per heavy atom. The minimum atomic E-state index is -0.843. The van der Waals surface area contributed by atoms with Gasteiger partial charge in [-0.25, -0.2) is 0 Å². The maximum Gasteiger partial charge on any atom is 0.124 e. The summed E-state index contributed by atoms with van der Waals surface area (Å²) in [5.41, 5.74) is 12.7. The van der Waals surface area contributed by atoms with E-state index in [1.54, 1.807) is 6.07 Å². The quantitative estimate of drug-likeness (QED) is 0.141. The normalized spacial score (nSPS) is 13.3. The molecule has 1 aliphatic carbocycles. The number of para-hydroxylation sites is 1. The molecule has 0 unspecified atom stereocenters. The topological polar surface area (TPSA) is 58.9 Å². The second kappa shape index (κ2) is 13.4. The zero-order chi connectivity index (χ0) is 37.4. The summed E-state index contributed by atoms with van der Waals surface area (Å²) in [7, 11) is 0. The number of hydrogen-bond acceptors (Lipinski definition) is 4. The Morgan fingerprint density at radius 2 is 1.15 bits per heavy atom. The van der Waals surface area contributed by atoms with Gasteiger partial charge in [0.1, 0.15) is 5.75 Å². The van der Waals surface area contributed by atoms with Crippen LogP contribution in [0.4, 0.5) is 0 Å². The summed E-state index contributed by atoms with van der Waals surface area (Å²) >= 11 is 0. The first-order valence-electron chi connectivity index (χ1n) is 18.7. The van der Waals surface area contributed by atoms with Gasteiger partial charge in [0.15, 0.2) is 0 Å². The molecule has 0 spiro atoms. The second-order valence-electron chi connectivity index (χ2n) is 16.6. The number of aromatic hydroxyl groups is 1. The fourth-order valence-corrected chi connectivity index (χ4v) is 8.11. The van der Waals surface area contributed by atoms with Crippen molar-refractivity contribution < 1.29 is 26.2 Å². The summed E-state index contributed by atoms with van der Waals surface area (Å²) < 4.78 is 0. The monoisotopic (exact) mass is 895 g/mol. The van der Waals surface area contributed by atoms with Crippen LogP contribution in [0.5, 0.6) is 5.75 Å². The fraction of sp³-hybridized carbons (Fsp3) is 0.180. The molecule has 0 radical (unpaired) electrons. The fourth-order valence-electron chi connectivity index (χ4n) is 8.11. The van der Waals surface area contributed by atoms with Gasteiger partial charge in [0, 0.05) is 38.5 Å². The third-order valence-electron chi connectivity index (χ3n) is 11.1. The SMILES string of the molecule is CC(C)(C)c1ccc2c(c1)C(c1[c-]c(-c3cnc4cc5ccccc5cc4n3)ccc1)(c1cccc(-c3ccccc3O)n1)c1cc(C(C)(C)C)ccc1-2.[Pt]. The molecule has 0 atom stereocenters. The molecule has 1 aliphatic rings. The van der Waals surface area contributed by atoms with Gasteiger partial charge < -0.3 is 5.11 Å². The molecule has 0 fully saturated rings. The van der Waals surface area contributed by atoms with E-state index in [-0.39, 0.29) is 37.6 Å². The maximum absolute atomic E-state index is 11.0. The van der Waals surface area contributed by atoms with Crippen LogP contribution < -0.4 is 0 Å². The second-order valence-corrected chi connectivity index (χ2v) is 16.6. The Hall–Kier alpha value is -5.44. The average molecular weight is 896 g/mol. The Bertz CT molecular complexity index is 2710. The van der Waals surface area contributed by atoms with Gasteiger partial charge in [-0.1, -0.05) is 120 Å². The number of nitrogens with zero attached hydrogens (tertiary/aromatic N) is 3. The molecule has 9 rings (SSSR count). The molecule has 2 heterocycles. The van der Waals surface area contributed by atoms with Gasteiger partial charge in [0.25, 0.3) is 0 Å². The number of hydrogen-bond donors (Lipinski definition) is 1. The molecule has 4 nitrogen and oxygen atoms in total. The predicted molar refractivity (Wildman–Crippen MR) is 221 cm³/mol. The number of phenols is 1.